The summed E-state index contributed by atoms with van der Waals surface area (Å²) in [6.45, 7) is 7.11. The topological polar surface area (TPSA) is 95.3 Å². The molecule has 0 spiro atoms. The molecule has 3 N–H and O–H groups in total. The summed E-state index contributed by atoms with van der Waals surface area (Å²) in [6.07, 6.45) is 9.51. The number of fused-ring (bicyclic) bond motifs is 1. The lowest BCUT2D eigenvalue weighted by molar-refractivity contribution is 0.566. The van der Waals surface area contributed by atoms with Gasteiger partial charge in [0.15, 0.2) is 0 Å². The zero-order valence-corrected chi connectivity index (χ0v) is 19.0. The van der Waals surface area contributed by atoms with Gasteiger partial charge >= 0.3 is 0 Å². The number of nitrogens with one attached hydrogen (secondary N) is 3. The maximum Gasteiger partial charge on any atom is 0.232 e. The molecule has 4 aromatic heterocycles. The van der Waals surface area contributed by atoms with Crippen LogP contribution in [-0.2, 0) is 6.42 Å². The monoisotopic (exact) mass is 443 g/mol. The molecule has 5 heterocycles. The number of anilines is 5. The normalized spacial score (nSPS) is 16.5. The van der Waals surface area contributed by atoms with E-state index in [1.807, 2.05) is 53.3 Å². The molecule has 9 heteroatoms. The van der Waals surface area contributed by atoms with Crippen LogP contribution in [0.3, 0.4) is 0 Å². The lowest BCUT2D eigenvalue weighted by atomic mass is 10.2. The van der Waals surface area contributed by atoms with E-state index in [1.165, 1.54) is 5.56 Å². The highest BCUT2D eigenvalue weighted by molar-refractivity contribution is 5.65. The summed E-state index contributed by atoms with van der Waals surface area (Å²) in [6, 6.07) is 10.6. The van der Waals surface area contributed by atoms with Gasteiger partial charge in [0.05, 0.1) is 0 Å². The molecule has 1 aliphatic heterocycles. The van der Waals surface area contributed by atoms with E-state index in [4.69, 9.17) is 9.97 Å². The Bertz CT molecular complexity index is 1240. The second-order valence-corrected chi connectivity index (χ2v) is 8.33. The van der Waals surface area contributed by atoms with Crippen molar-refractivity contribution in [3.63, 3.8) is 0 Å². The van der Waals surface area contributed by atoms with E-state index < -0.39 is 0 Å². The lowest BCUT2D eigenvalue weighted by Gasteiger charge is -2.22. The first-order chi connectivity index (χ1) is 16.2. The highest BCUT2D eigenvalue weighted by Crippen LogP contribution is 2.24. The minimum atomic E-state index is 0.495. The van der Waals surface area contributed by atoms with Crippen molar-refractivity contribution in [2.75, 3.05) is 35.2 Å². The van der Waals surface area contributed by atoms with Crippen molar-refractivity contribution in [1.29, 1.82) is 0 Å². The van der Waals surface area contributed by atoms with Gasteiger partial charge in [0.1, 0.15) is 23.1 Å². The predicted molar refractivity (Wildman–Crippen MR) is 132 cm³/mol. The van der Waals surface area contributed by atoms with Crippen molar-refractivity contribution in [2.45, 2.75) is 32.7 Å². The summed E-state index contributed by atoms with van der Waals surface area (Å²) in [7, 11) is 0. The average Bonchev–Trinajstić information content (AvgIpc) is 3.18. The van der Waals surface area contributed by atoms with Crippen molar-refractivity contribution in [2.24, 2.45) is 0 Å². The smallest absolute Gasteiger partial charge is 0.232 e. The van der Waals surface area contributed by atoms with Crippen LogP contribution >= 0.6 is 0 Å². The number of imidazole rings is 1. The third kappa shape index (κ3) is 5.04. The highest BCUT2D eigenvalue weighted by Gasteiger charge is 2.17. The number of aryl methyl sites for hydroxylation is 1. The number of rotatable bonds is 6. The molecule has 0 amide bonds. The summed E-state index contributed by atoms with van der Waals surface area (Å²) in [4.78, 5) is 20.7. The van der Waals surface area contributed by atoms with Crippen LogP contribution in [0.5, 0.6) is 0 Å². The predicted octanol–water partition coefficient (Wildman–Crippen LogP) is 3.76. The molecule has 0 aliphatic carbocycles. The van der Waals surface area contributed by atoms with E-state index in [0.717, 1.165) is 61.3 Å². The highest BCUT2D eigenvalue weighted by atomic mass is 15.3. The summed E-state index contributed by atoms with van der Waals surface area (Å²) >= 11 is 0. The standard InChI is InChI=1S/C24H29N9/c1-3-18-4-7-26-20(14-18)29-24-30-21(28-19-6-11-32-13-9-27-22(32)15-19)16-23(31-24)33-10-5-17(2)25-8-12-33/h4,6-7,9,11,13-17,25H,3,5,8,10,12H2,1-2H3,(H2,26,28,29,30,31). The molecule has 5 rings (SSSR count). The van der Waals surface area contributed by atoms with Gasteiger partial charge < -0.3 is 25.3 Å². The molecule has 1 fully saturated rings. The van der Waals surface area contributed by atoms with E-state index in [0.29, 0.717) is 12.0 Å². The number of hydrogen-bond donors (Lipinski definition) is 3. The second-order valence-electron chi connectivity index (χ2n) is 8.33. The Balaban J connectivity index is 1.47. The van der Waals surface area contributed by atoms with Gasteiger partial charge in [-0.1, -0.05) is 6.92 Å². The van der Waals surface area contributed by atoms with Crippen molar-refractivity contribution in [3.8, 4) is 0 Å². The number of nitrogens with zero attached hydrogens (tertiary/aromatic N) is 6. The first kappa shape index (κ1) is 21.1. The zero-order chi connectivity index (χ0) is 22.6. The van der Waals surface area contributed by atoms with Gasteiger partial charge in [-0.05, 0) is 43.5 Å². The van der Waals surface area contributed by atoms with Gasteiger partial charge in [-0.2, -0.15) is 9.97 Å². The van der Waals surface area contributed by atoms with E-state index in [-0.39, 0.29) is 0 Å². The van der Waals surface area contributed by atoms with Gasteiger partial charge in [-0.3, -0.25) is 0 Å². The molecule has 1 aliphatic rings. The number of aromatic nitrogens is 5. The fraction of sp³-hybridized carbons (Fsp3) is 0.333. The van der Waals surface area contributed by atoms with Gasteiger partial charge in [0.2, 0.25) is 5.95 Å². The Labute approximate surface area is 193 Å². The minimum Gasteiger partial charge on any atom is -0.355 e. The molecule has 1 atom stereocenters. The molecular weight excluding hydrogens is 414 g/mol. The Kier molecular flexibility index (Phi) is 6.03. The second kappa shape index (κ2) is 9.41. The van der Waals surface area contributed by atoms with Crippen LogP contribution in [0.15, 0.2) is 55.1 Å². The van der Waals surface area contributed by atoms with Gasteiger partial charge in [0.25, 0.3) is 0 Å². The van der Waals surface area contributed by atoms with Crippen molar-refractivity contribution < 1.29 is 0 Å². The van der Waals surface area contributed by atoms with Gasteiger partial charge in [0, 0.05) is 68.3 Å². The van der Waals surface area contributed by atoms with Gasteiger partial charge in [-0.15, -0.1) is 0 Å². The van der Waals surface area contributed by atoms with Gasteiger partial charge in [-0.25, -0.2) is 9.97 Å². The maximum atomic E-state index is 4.84. The van der Waals surface area contributed by atoms with E-state index >= 15 is 0 Å². The average molecular weight is 444 g/mol. The van der Waals surface area contributed by atoms with E-state index in [2.05, 4.69) is 44.7 Å². The van der Waals surface area contributed by atoms with Crippen molar-refractivity contribution in [1.82, 2.24) is 29.7 Å². The largest absolute Gasteiger partial charge is 0.355 e. The molecule has 1 saturated heterocycles. The van der Waals surface area contributed by atoms with Crippen LogP contribution in [0.4, 0.5) is 29.1 Å². The van der Waals surface area contributed by atoms with Crippen LogP contribution in [-0.4, -0.2) is 50.0 Å². The van der Waals surface area contributed by atoms with Crippen LogP contribution in [0.1, 0.15) is 25.8 Å². The Hall–Kier alpha value is -3.72. The maximum absolute atomic E-state index is 4.84. The fourth-order valence-electron chi connectivity index (χ4n) is 3.97. The summed E-state index contributed by atoms with van der Waals surface area (Å²) in [5.74, 6) is 2.86. The first-order valence-corrected chi connectivity index (χ1v) is 11.5. The van der Waals surface area contributed by atoms with Crippen LogP contribution in [0.2, 0.25) is 0 Å². The molecule has 0 radical (unpaired) electrons. The molecule has 0 aromatic carbocycles. The molecular formula is C24H29N9. The Morgan fingerprint density at radius 3 is 2.85 bits per heavy atom. The molecule has 4 aromatic rings. The Morgan fingerprint density at radius 1 is 1.00 bits per heavy atom. The lowest BCUT2D eigenvalue weighted by Crippen LogP contribution is -2.29. The molecule has 0 bridgehead atoms. The summed E-state index contributed by atoms with van der Waals surface area (Å²) < 4.78 is 1.97. The van der Waals surface area contributed by atoms with Crippen molar-refractivity contribution in [3.05, 3.63) is 60.7 Å². The fourth-order valence-corrected chi connectivity index (χ4v) is 3.97. The van der Waals surface area contributed by atoms with E-state index in [1.54, 1.807) is 6.20 Å². The third-order valence-corrected chi connectivity index (χ3v) is 5.89. The molecule has 9 nitrogen and oxygen atoms in total. The quantitative estimate of drug-likeness (QED) is 0.415. The Morgan fingerprint density at radius 2 is 1.94 bits per heavy atom. The minimum absolute atomic E-state index is 0.495. The molecule has 33 heavy (non-hydrogen) atoms. The van der Waals surface area contributed by atoms with Crippen LogP contribution < -0.4 is 20.9 Å². The number of pyridine rings is 2. The van der Waals surface area contributed by atoms with Crippen LogP contribution in [0, 0.1) is 0 Å². The third-order valence-electron chi connectivity index (χ3n) is 5.89. The first-order valence-electron chi connectivity index (χ1n) is 11.5. The molecule has 0 saturated carbocycles. The summed E-state index contributed by atoms with van der Waals surface area (Å²) in [5, 5.41) is 10.3. The van der Waals surface area contributed by atoms with E-state index in [9.17, 15) is 0 Å². The van der Waals surface area contributed by atoms with Crippen LogP contribution in [0.25, 0.3) is 5.65 Å². The molecule has 1 unspecified atom stereocenters. The summed E-state index contributed by atoms with van der Waals surface area (Å²) in [5.41, 5.74) is 3.00. The van der Waals surface area contributed by atoms with Crippen molar-refractivity contribution >= 4 is 34.7 Å². The molecule has 170 valence electrons. The zero-order valence-electron chi connectivity index (χ0n) is 19.0. The SMILES string of the molecule is CCc1ccnc(Nc2nc(Nc3ccn4ccnc4c3)cc(N3CCNC(C)CC3)n2)c1. The number of hydrogen-bond acceptors (Lipinski definition) is 8.